The summed E-state index contributed by atoms with van der Waals surface area (Å²) in [5.41, 5.74) is 0.519. The second kappa shape index (κ2) is 10.8. The molecule has 0 radical (unpaired) electrons. The number of nitrogens with zero attached hydrogens (tertiary/aromatic N) is 3. The van der Waals surface area contributed by atoms with Gasteiger partial charge in [0, 0.05) is 32.3 Å². The minimum atomic E-state index is -0.520. The number of carbonyl (C=O) groups excluding carboxylic acids is 2. The highest BCUT2D eigenvalue weighted by Gasteiger charge is 2.27. The molecule has 1 unspecified atom stereocenters. The normalized spacial score (nSPS) is 16.9. The van der Waals surface area contributed by atoms with E-state index in [1.165, 1.54) is 0 Å². The highest BCUT2D eigenvalue weighted by Crippen LogP contribution is 2.12. The molecule has 1 fully saturated rings. The highest BCUT2D eigenvalue weighted by molar-refractivity contribution is 5.90. The predicted octanol–water partition coefficient (Wildman–Crippen LogP) is 2.28. The van der Waals surface area contributed by atoms with E-state index in [9.17, 15) is 9.59 Å². The van der Waals surface area contributed by atoms with E-state index in [0.29, 0.717) is 18.9 Å². The summed E-state index contributed by atoms with van der Waals surface area (Å²) in [6, 6.07) is 3.68. The van der Waals surface area contributed by atoms with Crippen LogP contribution in [-0.4, -0.2) is 65.7 Å². The molecule has 3 N–H and O–H groups in total. The zero-order valence-corrected chi connectivity index (χ0v) is 18.6. The second-order valence-corrected chi connectivity index (χ2v) is 8.33. The monoisotopic (exact) mass is 418 g/mol. The fraction of sp³-hybridized carbons (Fsp3) is 0.619. The van der Waals surface area contributed by atoms with Crippen molar-refractivity contribution in [1.29, 1.82) is 0 Å². The molecule has 30 heavy (non-hydrogen) atoms. The van der Waals surface area contributed by atoms with Crippen LogP contribution in [0.1, 0.15) is 46.1 Å². The first-order valence-electron chi connectivity index (χ1n) is 10.4. The molecule has 9 nitrogen and oxygen atoms in total. The third kappa shape index (κ3) is 8.26. The molecule has 1 aliphatic rings. The lowest BCUT2D eigenvalue weighted by Crippen LogP contribution is -2.44. The van der Waals surface area contributed by atoms with Crippen LogP contribution in [0.2, 0.25) is 0 Å². The number of pyridine rings is 1. The maximum absolute atomic E-state index is 12.1. The number of carbonyl (C=O) groups is 2. The summed E-state index contributed by atoms with van der Waals surface area (Å²) in [5.74, 6) is 1.15. The molecular formula is C21H34N6O3. The Balaban J connectivity index is 1.83. The van der Waals surface area contributed by atoms with Crippen LogP contribution in [0.25, 0.3) is 0 Å². The lowest BCUT2D eigenvalue weighted by atomic mass is 10.2. The molecule has 1 saturated heterocycles. The number of amides is 2. The summed E-state index contributed by atoms with van der Waals surface area (Å²) in [6.07, 6.45) is 2.38. The van der Waals surface area contributed by atoms with Crippen molar-refractivity contribution in [2.24, 2.45) is 4.99 Å². The molecule has 0 saturated carbocycles. The number of aliphatic imine (C=N–C) groups is 1. The average molecular weight is 419 g/mol. The van der Waals surface area contributed by atoms with Crippen molar-refractivity contribution in [1.82, 2.24) is 20.5 Å². The third-order valence-corrected chi connectivity index (χ3v) is 4.32. The zero-order valence-electron chi connectivity index (χ0n) is 18.6. The fourth-order valence-corrected chi connectivity index (χ4v) is 2.98. The smallest absolute Gasteiger partial charge is 0.407 e. The molecule has 9 heteroatoms. The van der Waals surface area contributed by atoms with Crippen LogP contribution in [0.4, 0.5) is 10.6 Å². The van der Waals surface area contributed by atoms with E-state index in [-0.39, 0.29) is 18.4 Å². The van der Waals surface area contributed by atoms with Gasteiger partial charge < -0.3 is 25.6 Å². The number of alkyl carbamates (subject to hydrolysis) is 1. The Kier molecular flexibility index (Phi) is 8.44. The second-order valence-electron chi connectivity index (χ2n) is 8.33. The Bertz CT molecular complexity index is 742. The van der Waals surface area contributed by atoms with Gasteiger partial charge in [-0.2, -0.15) is 0 Å². The molecule has 166 valence electrons. The van der Waals surface area contributed by atoms with Gasteiger partial charge in [0.05, 0.1) is 12.6 Å². The topological polar surface area (TPSA) is 108 Å². The van der Waals surface area contributed by atoms with Crippen molar-refractivity contribution in [3.63, 3.8) is 0 Å². The summed E-state index contributed by atoms with van der Waals surface area (Å²) >= 11 is 0. The SMILES string of the molecule is CCNC(=NCCC(=O)Nc1ccc(C)cn1)N1CCC(NC(=O)OC(C)(C)C)C1. The van der Waals surface area contributed by atoms with E-state index in [1.54, 1.807) is 12.3 Å². The molecule has 2 amide bonds. The molecule has 0 aliphatic carbocycles. The number of anilines is 1. The third-order valence-electron chi connectivity index (χ3n) is 4.32. The van der Waals surface area contributed by atoms with Gasteiger partial charge in [-0.15, -0.1) is 0 Å². The quantitative estimate of drug-likeness (QED) is 0.483. The minimum Gasteiger partial charge on any atom is -0.444 e. The van der Waals surface area contributed by atoms with Gasteiger partial charge in [0.25, 0.3) is 0 Å². The number of nitrogens with one attached hydrogen (secondary N) is 3. The lowest BCUT2D eigenvalue weighted by molar-refractivity contribution is -0.116. The molecule has 1 aromatic heterocycles. The summed E-state index contributed by atoms with van der Waals surface area (Å²) < 4.78 is 5.33. The van der Waals surface area contributed by atoms with Crippen molar-refractivity contribution in [3.8, 4) is 0 Å². The van der Waals surface area contributed by atoms with Crippen LogP contribution in [0.3, 0.4) is 0 Å². The Morgan fingerprint density at radius 1 is 1.33 bits per heavy atom. The summed E-state index contributed by atoms with van der Waals surface area (Å²) in [5, 5.41) is 8.94. The number of ether oxygens (including phenoxy) is 1. The molecule has 0 spiro atoms. The summed E-state index contributed by atoms with van der Waals surface area (Å²) in [7, 11) is 0. The Hall–Kier alpha value is -2.84. The number of aryl methyl sites for hydroxylation is 1. The lowest BCUT2D eigenvalue weighted by Gasteiger charge is -2.23. The predicted molar refractivity (Wildman–Crippen MR) is 118 cm³/mol. The first kappa shape index (κ1) is 23.4. The number of hydrogen-bond acceptors (Lipinski definition) is 5. The standard InChI is InChI=1S/C21H34N6O3/c1-6-22-19(23-11-9-18(28)26-17-8-7-15(2)13-24-17)27-12-10-16(14-27)25-20(29)30-21(3,4)5/h7-8,13,16H,6,9-12,14H2,1-5H3,(H,22,23)(H,25,29)(H,24,26,28). The summed E-state index contributed by atoms with van der Waals surface area (Å²) in [4.78, 5) is 34.9. The molecule has 1 aliphatic heterocycles. The molecule has 2 heterocycles. The van der Waals surface area contributed by atoms with E-state index in [0.717, 1.165) is 31.0 Å². The van der Waals surface area contributed by atoms with E-state index >= 15 is 0 Å². The number of guanidine groups is 1. The van der Waals surface area contributed by atoms with Crippen LogP contribution in [0, 0.1) is 6.92 Å². The molecule has 2 rings (SSSR count). The van der Waals surface area contributed by atoms with E-state index in [2.05, 4.69) is 30.8 Å². The minimum absolute atomic E-state index is 0.000355. The number of aromatic nitrogens is 1. The first-order chi connectivity index (χ1) is 14.2. The van der Waals surface area contributed by atoms with Gasteiger partial charge in [-0.1, -0.05) is 6.07 Å². The van der Waals surface area contributed by atoms with Crippen molar-refractivity contribution < 1.29 is 14.3 Å². The van der Waals surface area contributed by atoms with E-state index < -0.39 is 11.7 Å². The van der Waals surface area contributed by atoms with Gasteiger partial charge in [-0.05, 0) is 52.7 Å². The maximum Gasteiger partial charge on any atom is 0.407 e. The molecular weight excluding hydrogens is 384 g/mol. The van der Waals surface area contributed by atoms with E-state index in [1.807, 2.05) is 40.7 Å². The Morgan fingerprint density at radius 2 is 2.10 bits per heavy atom. The van der Waals surface area contributed by atoms with E-state index in [4.69, 9.17) is 4.74 Å². The molecule has 1 atom stereocenters. The van der Waals surface area contributed by atoms with Gasteiger partial charge in [-0.25, -0.2) is 9.78 Å². The van der Waals surface area contributed by atoms with Crippen LogP contribution in [-0.2, 0) is 9.53 Å². The van der Waals surface area contributed by atoms with Crippen LogP contribution < -0.4 is 16.0 Å². The van der Waals surface area contributed by atoms with Gasteiger partial charge in [-0.3, -0.25) is 9.79 Å². The Labute approximate surface area is 178 Å². The zero-order chi connectivity index (χ0) is 22.1. The Morgan fingerprint density at radius 3 is 2.73 bits per heavy atom. The van der Waals surface area contributed by atoms with Gasteiger partial charge in [0.1, 0.15) is 11.4 Å². The largest absolute Gasteiger partial charge is 0.444 e. The van der Waals surface area contributed by atoms with Gasteiger partial charge >= 0.3 is 6.09 Å². The highest BCUT2D eigenvalue weighted by atomic mass is 16.6. The fourth-order valence-electron chi connectivity index (χ4n) is 2.98. The van der Waals surface area contributed by atoms with Crippen LogP contribution in [0.5, 0.6) is 0 Å². The van der Waals surface area contributed by atoms with Crippen LogP contribution >= 0.6 is 0 Å². The number of hydrogen-bond donors (Lipinski definition) is 3. The van der Waals surface area contributed by atoms with Gasteiger partial charge in [0.15, 0.2) is 5.96 Å². The number of rotatable bonds is 6. The van der Waals surface area contributed by atoms with Crippen molar-refractivity contribution in [2.75, 3.05) is 31.5 Å². The first-order valence-corrected chi connectivity index (χ1v) is 10.4. The molecule has 0 bridgehead atoms. The van der Waals surface area contributed by atoms with Crippen LogP contribution in [0.15, 0.2) is 23.3 Å². The van der Waals surface area contributed by atoms with Gasteiger partial charge in [0.2, 0.25) is 5.91 Å². The molecule has 0 aromatic carbocycles. The average Bonchev–Trinajstić information content (AvgIpc) is 3.09. The van der Waals surface area contributed by atoms with Crippen molar-refractivity contribution in [3.05, 3.63) is 23.9 Å². The summed E-state index contributed by atoms with van der Waals surface area (Å²) in [6.45, 7) is 12.0. The maximum atomic E-state index is 12.1. The number of likely N-dealkylation sites (tertiary alicyclic amines) is 1. The van der Waals surface area contributed by atoms with Crippen molar-refractivity contribution in [2.45, 2.75) is 59.1 Å². The van der Waals surface area contributed by atoms with Crippen molar-refractivity contribution >= 4 is 23.8 Å². The molecule has 1 aromatic rings.